The van der Waals surface area contributed by atoms with Gasteiger partial charge in [-0.2, -0.15) is 15.3 Å². The lowest BCUT2D eigenvalue weighted by atomic mass is 10.4. The zero-order valence-corrected chi connectivity index (χ0v) is 14.7. The Balaban J connectivity index is 1.59. The first-order chi connectivity index (χ1) is 11.5. The first-order valence-corrected chi connectivity index (χ1v) is 8.06. The molecule has 0 unspecified atom stereocenters. The summed E-state index contributed by atoms with van der Waals surface area (Å²) in [7, 11) is 1.89. The summed E-state index contributed by atoms with van der Waals surface area (Å²) in [6.45, 7) is 5.57. The molecule has 0 aliphatic rings. The van der Waals surface area contributed by atoms with E-state index < -0.39 is 0 Å². The third-order valence-corrected chi connectivity index (χ3v) is 3.93. The fourth-order valence-electron chi connectivity index (χ4n) is 2.27. The minimum Gasteiger partial charge on any atom is -0.330 e. The molecule has 0 aromatic carbocycles. The molecule has 0 atom stereocenters. The van der Waals surface area contributed by atoms with E-state index >= 15 is 0 Å². The number of thiocarbonyl (C=S) groups is 1. The van der Waals surface area contributed by atoms with Crippen molar-refractivity contribution in [2.75, 3.05) is 10.6 Å². The summed E-state index contributed by atoms with van der Waals surface area (Å²) in [6, 6.07) is 0. The number of hydrogen-bond acceptors (Lipinski definition) is 4. The molecule has 3 rings (SSSR count). The highest BCUT2D eigenvalue weighted by molar-refractivity contribution is 7.80. The first-order valence-electron chi connectivity index (χ1n) is 7.65. The molecule has 0 aliphatic carbocycles. The van der Waals surface area contributed by atoms with Crippen LogP contribution in [0.3, 0.4) is 0 Å². The van der Waals surface area contributed by atoms with Crippen LogP contribution in [0.2, 0.25) is 0 Å². The van der Waals surface area contributed by atoms with Crippen molar-refractivity contribution in [1.29, 1.82) is 0 Å². The molecule has 3 aromatic rings. The Hall–Kier alpha value is -2.68. The van der Waals surface area contributed by atoms with E-state index in [4.69, 9.17) is 12.2 Å². The predicted octanol–water partition coefficient (Wildman–Crippen LogP) is 2.00. The highest BCUT2D eigenvalue weighted by atomic mass is 32.1. The van der Waals surface area contributed by atoms with Gasteiger partial charge in [-0.3, -0.25) is 14.0 Å². The van der Waals surface area contributed by atoms with Gasteiger partial charge < -0.3 is 10.6 Å². The first kappa shape index (κ1) is 16.2. The number of anilines is 2. The van der Waals surface area contributed by atoms with Crippen molar-refractivity contribution in [2.24, 2.45) is 7.05 Å². The van der Waals surface area contributed by atoms with Crippen molar-refractivity contribution in [1.82, 2.24) is 29.3 Å². The molecule has 8 nitrogen and oxygen atoms in total. The van der Waals surface area contributed by atoms with Crippen molar-refractivity contribution in [3.63, 3.8) is 0 Å². The van der Waals surface area contributed by atoms with E-state index in [2.05, 4.69) is 32.9 Å². The molecule has 126 valence electrons. The normalized spacial score (nSPS) is 10.8. The lowest BCUT2D eigenvalue weighted by Crippen LogP contribution is -2.19. The Morgan fingerprint density at radius 1 is 1.08 bits per heavy atom. The molecule has 0 bridgehead atoms. The lowest BCUT2D eigenvalue weighted by Gasteiger charge is -2.08. The van der Waals surface area contributed by atoms with E-state index in [0.717, 1.165) is 29.2 Å². The maximum absolute atomic E-state index is 5.34. The van der Waals surface area contributed by atoms with Gasteiger partial charge in [0.25, 0.3) is 0 Å². The van der Waals surface area contributed by atoms with E-state index in [-0.39, 0.29) is 0 Å². The van der Waals surface area contributed by atoms with Crippen LogP contribution < -0.4 is 10.6 Å². The van der Waals surface area contributed by atoms with Crippen LogP contribution in [-0.4, -0.2) is 34.5 Å². The van der Waals surface area contributed by atoms with Gasteiger partial charge in [0, 0.05) is 31.5 Å². The van der Waals surface area contributed by atoms with Crippen molar-refractivity contribution >= 4 is 28.7 Å². The molecule has 0 radical (unpaired) electrons. The highest BCUT2D eigenvalue weighted by Crippen LogP contribution is 2.13. The molecule has 0 fully saturated rings. The molecule has 0 saturated heterocycles. The minimum absolute atomic E-state index is 0.504. The second-order valence-corrected chi connectivity index (χ2v) is 5.89. The molecule has 3 aromatic heterocycles. The zero-order valence-electron chi connectivity index (χ0n) is 13.9. The topological polar surface area (TPSA) is 77.5 Å². The van der Waals surface area contributed by atoms with Crippen molar-refractivity contribution in [3.05, 3.63) is 42.2 Å². The number of nitrogens with zero attached hydrogens (tertiary/aromatic N) is 6. The van der Waals surface area contributed by atoms with Crippen LogP contribution in [0.25, 0.3) is 0 Å². The zero-order chi connectivity index (χ0) is 17.1. The highest BCUT2D eigenvalue weighted by Gasteiger charge is 2.07. The van der Waals surface area contributed by atoms with Gasteiger partial charge in [-0.1, -0.05) is 0 Å². The summed E-state index contributed by atoms with van der Waals surface area (Å²) < 4.78 is 5.53. The smallest absolute Gasteiger partial charge is 0.175 e. The Kier molecular flexibility index (Phi) is 4.61. The molecule has 2 N–H and O–H groups in total. The van der Waals surface area contributed by atoms with E-state index in [9.17, 15) is 0 Å². The van der Waals surface area contributed by atoms with Crippen LogP contribution in [0.5, 0.6) is 0 Å². The molecule has 3 heterocycles. The van der Waals surface area contributed by atoms with Crippen molar-refractivity contribution in [3.8, 4) is 0 Å². The quantitative estimate of drug-likeness (QED) is 0.690. The van der Waals surface area contributed by atoms with E-state index in [1.54, 1.807) is 17.1 Å². The van der Waals surface area contributed by atoms with E-state index in [1.165, 1.54) is 0 Å². The van der Waals surface area contributed by atoms with Gasteiger partial charge in [-0.05, 0) is 26.1 Å². The molecule has 0 saturated carbocycles. The molecular weight excluding hydrogens is 324 g/mol. The van der Waals surface area contributed by atoms with Crippen LogP contribution in [0.15, 0.2) is 31.0 Å². The number of aryl methyl sites for hydroxylation is 2. The maximum Gasteiger partial charge on any atom is 0.175 e. The average molecular weight is 344 g/mol. The monoisotopic (exact) mass is 344 g/mol. The molecule has 0 aliphatic heterocycles. The largest absolute Gasteiger partial charge is 0.330 e. The molecule has 0 amide bonds. The maximum atomic E-state index is 5.34. The van der Waals surface area contributed by atoms with Gasteiger partial charge in [0.2, 0.25) is 0 Å². The van der Waals surface area contributed by atoms with E-state index in [1.807, 2.05) is 41.9 Å². The van der Waals surface area contributed by atoms with Crippen LogP contribution in [-0.2, 0) is 20.1 Å². The molecular formula is C15H20N8S. The average Bonchev–Trinajstić information content (AvgIpc) is 3.26. The van der Waals surface area contributed by atoms with Gasteiger partial charge in [-0.15, -0.1) is 0 Å². The molecule has 9 heteroatoms. The molecule has 24 heavy (non-hydrogen) atoms. The van der Waals surface area contributed by atoms with Gasteiger partial charge in [0.15, 0.2) is 5.11 Å². The van der Waals surface area contributed by atoms with Gasteiger partial charge in [-0.25, -0.2) is 0 Å². The lowest BCUT2D eigenvalue weighted by molar-refractivity contribution is 0.654. The van der Waals surface area contributed by atoms with Crippen LogP contribution >= 0.6 is 12.2 Å². The molecule has 0 spiro atoms. The summed E-state index contributed by atoms with van der Waals surface area (Å²) in [4.78, 5) is 0. The van der Waals surface area contributed by atoms with Crippen molar-refractivity contribution < 1.29 is 0 Å². The number of hydrogen-bond donors (Lipinski definition) is 2. The predicted molar refractivity (Wildman–Crippen MR) is 97.0 cm³/mol. The van der Waals surface area contributed by atoms with Gasteiger partial charge in [0.1, 0.15) is 0 Å². The van der Waals surface area contributed by atoms with Crippen LogP contribution in [0.1, 0.15) is 18.2 Å². The second-order valence-electron chi connectivity index (χ2n) is 5.48. The van der Waals surface area contributed by atoms with Crippen LogP contribution in [0.4, 0.5) is 11.4 Å². The minimum atomic E-state index is 0.504. The van der Waals surface area contributed by atoms with Crippen molar-refractivity contribution in [2.45, 2.75) is 26.9 Å². The third kappa shape index (κ3) is 3.62. The Labute approximate surface area is 145 Å². The van der Waals surface area contributed by atoms with E-state index in [0.29, 0.717) is 11.7 Å². The Morgan fingerprint density at radius 3 is 2.54 bits per heavy atom. The Bertz CT molecular complexity index is 843. The summed E-state index contributed by atoms with van der Waals surface area (Å²) in [5.74, 6) is 0. The summed E-state index contributed by atoms with van der Waals surface area (Å²) in [5.41, 5.74) is 3.84. The fraction of sp³-hybridized carbons (Fsp3) is 0.333. The summed E-state index contributed by atoms with van der Waals surface area (Å²) >= 11 is 5.34. The van der Waals surface area contributed by atoms with Crippen LogP contribution in [0, 0.1) is 6.92 Å². The fourth-order valence-corrected chi connectivity index (χ4v) is 2.50. The Morgan fingerprint density at radius 2 is 1.88 bits per heavy atom. The van der Waals surface area contributed by atoms with Gasteiger partial charge >= 0.3 is 0 Å². The number of aromatic nitrogens is 6. The third-order valence-electron chi connectivity index (χ3n) is 3.73. The SMILES string of the molecule is CCn1cc(Cn2cc(NC(=S)Nc3cnn(C)c3C)cn2)cn1. The van der Waals surface area contributed by atoms with Gasteiger partial charge in [0.05, 0.1) is 42.2 Å². The standard InChI is InChI=1S/C15H20N8S/c1-4-22-8-12(5-17-22)9-23-10-13(6-18-23)19-15(24)20-14-7-16-21(3)11(14)2/h5-8,10H,4,9H2,1-3H3,(H2,19,20,24). The summed E-state index contributed by atoms with van der Waals surface area (Å²) in [5, 5.41) is 19.6. The number of rotatable bonds is 5. The second kappa shape index (κ2) is 6.83. The summed E-state index contributed by atoms with van der Waals surface area (Å²) in [6.07, 6.45) is 9.28. The number of nitrogens with one attached hydrogen (secondary N) is 2.